The molecule has 0 aromatic carbocycles. The largest absolute Gasteiger partial charge is 3.00 e. The topological polar surface area (TPSA) is 132 Å². The van der Waals surface area contributed by atoms with E-state index < -0.39 is 16.5 Å². The molecule has 0 aromatic heterocycles. The molecule has 0 spiro atoms. The minimum atomic E-state index is -3.63. The van der Waals surface area contributed by atoms with Gasteiger partial charge in [0.15, 0.2) is 0 Å². The second-order valence-electron chi connectivity index (χ2n) is 0.539. The minimum absolute atomic E-state index is 0. The van der Waals surface area contributed by atoms with Crippen molar-refractivity contribution in [2.45, 2.75) is 0 Å². The summed E-state index contributed by atoms with van der Waals surface area (Å²) in [4.78, 5) is 17.0. The average molecular weight is 299 g/mol. The molecule has 0 amide bonds. The third-order valence-electron chi connectivity index (χ3n) is 0. The standard InChI is InChI=1S/Al.BO3.Ba.O3Si/c;2-1(3)4;;1-4(2)3/q+3;-3;+2;-2. The Balaban J connectivity index is -0.0000000300. The Hall–Kier alpha value is 1.67. The van der Waals surface area contributed by atoms with Gasteiger partial charge >= 0.3 is 66.2 Å². The molecule has 10 heteroatoms. The first kappa shape index (κ1) is 22.6. The Morgan fingerprint density at radius 3 is 1.10 bits per heavy atom. The maximum absolute atomic E-state index is 8.52. The van der Waals surface area contributed by atoms with Gasteiger partial charge in [0.1, 0.15) is 0 Å². The van der Waals surface area contributed by atoms with Crippen LogP contribution in [0.3, 0.4) is 0 Å². The van der Waals surface area contributed by atoms with E-state index in [-0.39, 0.29) is 66.2 Å². The maximum Gasteiger partial charge on any atom is 3.00 e. The van der Waals surface area contributed by atoms with Crippen LogP contribution in [0.1, 0.15) is 0 Å². The molecule has 0 aliphatic heterocycles. The fraction of sp³-hybridized carbons (Fsp3) is 0. The molecular formula is AlBBaO6Si. The first-order chi connectivity index (χ1) is 3.46. The molecule has 0 bridgehead atoms. The monoisotopic (exact) mass is 300 g/mol. The second-order valence-corrected chi connectivity index (χ2v) is 1.04. The van der Waals surface area contributed by atoms with E-state index in [1.165, 1.54) is 0 Å². The molecule has 0 radical (unpaired) electrons. The quantitative estimate of drug-likeness (QED) is 0.408. The van der Waals surface area contributed by atoms with E-state index in [1.54, 1.807) is 0 Å². The van der Waals surface area contributed by atoms with Crippen molar-refractivity contribution in [2.75, 3.05) is 0 Å². The van der Waals surface area contributed by atoms with E-state index >= 15 is 0 Å². The molecule has 10 heavy (non-hydrogen) atoms. The van der Waals surface area contributed by atoms with Crippen LogP contribution in [0.25, 0.3) is 0 Å². The summed E-state index contributed by atoms with van der Waals surface area (Å²) in [5, 5.41) is 25.2. The van der Waals surface area contributed by atoms with E-state index in [2.05, 4.69) is 0 Å². The van der Waals surface area contributed by atoms with Crippen LogP contribution in [0.2, 0.25) is 0 Å². The summed E-state index contributed by atoms with van der Waals surface area (Å²) in [7, 11) is -6.55. The van der Waals surface area contributed by atoms with Gasteiger partial charge in [-0.15, -0.1) is 0 Å². The van der Waals surface area contributed by atoms with Crippen molar-refractivity contribution in [3.63, 3.8) is 0 Å². The Labute approximate surface area is 110 Å². The molecule has 0 saturated heterocycles. The maximum atomic E-state index is 8.52. The summed E-state index contributed by atoms with van der Waals surface area (Å²) < 4.78 is 8.52. The molecule has 6 nitrogen and oxygen atoms in total. The Bertz CT molecular complexity index is 62.0. The minimum Gasteiger partial charge on any atom is -0.907 e. The smallest absolute Gasteiger partial charge is 0.907 e. The predicted molar refractivity (Wildman–Crippen MR) is 23.7 cm³/mol. The normalized spacial score (nSPS) is 5.10. The summed E-state index contributed by atoms with van der Waals surface area (Å²) in [5.74, 6) is 0. The van der Waals surface area contributed by atoms with Crippen LogP contribution < -0.4 is 24.7 Å². The van der Waals surface area contributed by atoms with Crippen LogP contribution in [0.15, 0.2) is 0 Å². The van der Waals surface area contributed by atoms with Crippen LogP contribution in [0, 0.1) is 0 Å². The van der Waals surface area contributed by atoms with Gasteiger partial charge in [-0.25, -0.2) is 0 Å². The van der Waals surface area contributed by atoms with Crippen molar-refractivity contribution in [1.82, 2.24) is 0 Å². The van der Waals surface area contributed by atoms with Crippen LogP contribution in [0.4, 0.5) is 0 Å². The number of hydrogen-bond donors (Lipinski definition) is 0. The Morgan fingerprint density at radius 2 is 1.10 bits per heavy atom. The van der Waals surface area contributed by atoms with Gasteiger partial charge in [0.25, 0.3) is 0 Å². The molecule has 48 valence electrons. The van der Waals surface area contributed by atoms with Crippen molar-refractivity contribution in [3.8, 4) is 0 Å². The van der Waals surface area contributed by atoms with Gasteiger partial charge in [-0.05, 0) is 0 Å². The molecule has 0 aliphatic rings. The van der Waals surface area contributed by atoms with Crippen LogP contribution >= 0.6 is 0 Å². The first-order valence-corrected chi connectivity index (χ1v) is 2.54. The third-order valence-corrected chi connectivity index (χ3v) is 0. The van der Waals surface area contributed by atoms with Gasteiger partial charge in [-0.1, -0.05) is 0 Å². The molecule has 0 aromatic rings. The van der Waals surface area contributed by atoms with Crippen molar-refractivity contribution < 1.29 is 29.1 Å². The summed E-state index contributed by atoms with van der Waals surface area (Å²) in [6.45, 7) is 0. The van der Waals surface area contributed by atoms with Gasteiger partial charge in [-0.3, -0.25) is 7.32 Å². The van der Waals surface area contributed by atoms with Gasteiger partial charge in [0.2, 0.25) is 0 Å². The van der Waals surface area contributed by atoms with E-state index in [9.17, 15) is 0 Å². The molecule has 0 N–H and O–H groups in total. The van der Waals surface area contributed by atoms with Gasteiger partial charge < -0.3 is 29.1 Å². The number of rotatable bonds is 0. The van der Waals surface area contributed by atoms with E-state index in [0.717, 1.165) is 0 Å². The second kappa shape index (κ2) is 17.0. The van der Waals surface area contributed by atoms with Crippen LogP contribution in [-0.4, -0.2) is 82.7 Å². The van der Waals surface area contributed by atoms with Crippen LogP contribution in [0.5, 0.6) is 0 Å². The van der Waals surface area contributed by atoms with Crippen molar-refractivity contribution in [1.29, 1.82) is 0 Å². The predicted octanol–water partition coefficient (Wildman–Crippen LogP) is -7.59. The van der Waals surface area contributed by atoms with Crippen molar-refractivity contribution >= 4 is 82.7 Å². The Kier molecular flexibility index (Phi) is 38.3. The van der Waals surface area contributed by atoms with Crippen molar-refractivity contribution in [2.24, 2.45) is 0 Å². The molecule has 0 heterocycles. The summed E-state index contributed by atoms with van der Waals surface area (Å²) >= 11 is 0. The zero-order chi connectivity index (χ0) is 7.15. The summed E-state index contributed by atoms with van der Waals surface area (Å²) in [6.07, 6.45) is 0. The molecule has 0 saturated carbocycles. The van der Waals surface area contributed by atoms with Crippen molar-refractivity contribution in [3.05, 3.63) is 0 Å². The Morgan fingerprint density at radius 1 is 1.10 bits per heavy atom. The average Bonchev–Trinajstić information content (AvgIpc) is 1.25. The fourth-order valence-electron chi connectivity index (χ4n) is 0. The molecule has 0 atom stereocenters. The zero-order valence-corrected chi connectivity index (χ0v) is 11.4. The van der Waals surface area contributed by atoms with Crippen LogP contribution in [-0.2, 0) is 4.46 Å². The summed E-state index contributed by atoms with van der Waals surface area (Å²) in [5.41, 5.74) is 0. The fourth-order valence-corrected chi connectivity index (χ4v) is 0. The van der Waals surface area contributed by atoms with Gasteiger partial charge in [0, 0.05) is 9.17 Å². The summed E-state index contributed by atoms with van der Waals surface area (Å²) in [6, 6.07) is 0. The molecular weight excluding hydrogens is 299 g/mol. The molecule has 0 rings (SSSR count). The SMILES string of the molecule is O=[Si]([O-])[O-].[Al+3].[Ba+2].[O-]B([O-])[O-]. The van der Waals surface area contributed by atoms with Gasteiger partial charge in [0.05, 0.1) is 0 Å². The number of hydrogen-bond acceptors (Lipinski definition) is 6. The first-order valence-electron chi connectivity index (χ1n) is 1.32. The molecule has 0 unspecified atom stereocenters. The van der Waals surface area contributed by atoms with Gasteiger partial charge in [-0.2, -0.15) is 0 Å². The van der Waals surface area contributed by atoms with E-state index in [0.29, 0.717) is 0 Å². The third kappa shape index (κ3) is 262. The van der Waals surface area contributed by atoms with E-state index in [4.69, 9.17) is 29.1 Å². The zero-order valence-electron chi connectivity index (χ0n) is 4.81. The molecule has 0 fully saturated rings. The molecule has 0 aliphatic carbocycles. The van der Waals surface area contributed by atoms with E-state index in [1.807, 2.05) is 0 Å².